The highest BCUT2D eigenvalue weighted by Crippen LogP contribution is 2.23. The van der Waals surface area contributed by atoms with Crippen molar-refractivity contribution >= 4 is 39.9 Å². The molecule has 9 heteroatoms. The van der Waals surface area contributed by atoms with Crippen LogP contribution in [0.5, 0.6) is 0 Å². The molecule has 174 valence electrons. The first kappa shape index (κ1) is 23.3. The number of para-hydroxylation sites is 1. The number of benzene rings is 2. The summed E-state index contributed by atoms with van der Waals surface area (Å²) in [6.07, 6.45) is 0. The predicted octanol–water partition coefficient (Wildman–Crippen LogP) is 3.17. The lowest BCUT2D eigenvalue weighted by molar-refractivity contribution is -0.113. The number of anilines is 2. The molecule has 2 aromatic carbocycles. The van der Waals surface area contributed by atoms with Gasteiger partial charge in [0.2, 0.25) is 5.91 Å². The lowest BCUT2D eigenvalue weighted by Gasteiger charge is -2.28. The minimum atomic E-state index is -0.210. The number of amides is 1. The van der Waals surface area contributed by atoms with Gasteiger partial charge in [-0.25, -0.2) is 4.98 Å². The molecule has 4 rings (SSSR count). The van der Waals surface area contributed by atoms with E-state index >= 15 is 0 Å². The maximum absolute atomic E-state index is 13.1. The van der Waals surface area contributed by atoms with Gasteiger partial charge in [0.05, 0.1) is 42.5 Å². The second-order valence-corrected chi connectivity index (χ2v) is 8.82. The van der Waals surface area contributed by atoms with Crippen LogP contribution in [0.4, 0.5) is 11.4 Å². The number of hydrogen-bond acceptors (Lipinski definition) is 7. The first-order valence-electron chi connectivity index (χ1n) is 10.9. The van der Waals surface area contributed by atoms with Crippen molar-refractivity contribution in [3.8, 4) is 0 Å². The van der Waals surface area contributed by atoms with E-state index in [9.17, 15) is 9.59 Å². The lowest BCUT2D eigenvalue weighted by atomic mass is 10.2. The van der Waals surface area contributed by atoms with Gasteiger partial charge in [0.1, 0.15) is 0 Å². The Morgan fingerprint density at radius 3 is 2.64 bits per heavy atom. The zero-order valence-corrected chi connectivity index (χ0v) is 19.6. The molecule has 0 radical (unpaired) electrons. The second kappa shape index (κ2) is 10.8. The van der Waals surface area contributed by atoms with Gasteiger partial charge in [-0.05, 0) is 43.3 Å². The van der Waals surface area contributed by atoms with Crippen LogP contribution >= 0.6 is 11.8 Å². The molecule has 0 bridgehead atoms. The zero-order valence-electron chi connectivity index (χ0n) is 18.8. The van der Waals surface area contributed by atoms with Gasteiger partial charge in [0.25, 0.3) is 5.56 Å². The van der Waals surface area contributed by atoms with Crippen molar-refractivity contribution in [3.63, 3.8) is 0 Å². The summed E-state index contributed by atoms with van der Waals surface area (Å²) < 4.78 is 12.3. The number of methoxy groups -OCH3 is 1. The third kappa shape index (κ3) is 5.55. The molecule has 33 heavy (non-hydrogen) atoms. The van der Waals surface area contributed by atoms with Gasteiger partial charge in [0, 0.05) is 31.6 Å². The Hall–Kier alpha value is -2.88. The van der Waals surface area contributed by atoms with E-state index in [0.717, 1.165) is 37.7 Å². The Balaban J connectivity index is 1.45. The number of hydrogen-bond donors (Lipinski definition) is 1. The number of fused-ring (bicyclic) bond motifs is 1. The molecule has 0 aliphatic carbocycles. The molecule has 1 aliphatic rings. The molecule has 1 amide bonds. The van der Waals surface area contributed by atoms with E-state index in [1.165, 1.54) is 11.8 Å². The highest BCUT2D eigenvalue weighted by atomic mass is 32.2. The summed E-state index contributed by atoms with van der Waals surface area (Å²) in [5.74, 6) is -0.0251. The van der Waals surface area contributed by atoms with Crippen LogP contribution in [0.1, 0.15) is 13.0 Å². The summed E-state index contributed by atoms with van der Waals surface area (Å²) in [6.45, 7) is 5.46. The standard InChI is InChI=1S/C24H28N4O4S/c1-17(15-31-2)28-23(30)20-5-3-4-6-21(20)26-24(28)33-16-22(29)25-18-7-9-19(10-8-18)27-11-13-32-14-12-27/h3-10,17H,11-16H2,1-2H3,(H,25,29)/t17-/m1/s1. The number of nitrogens with one attached hydrogen (secondary N) is 1. The highest BCUT2D eigenvalue weighted by molar-refractivity contribution is 7.99. The molecule has 1 saturated heterocycles. The molecular formula is C24H28N4O4S. The largest absolute Gasteiger partial charge is 0.383 e. The van der Waals surface area contributed by atoms with E-state index in [2.05, 4.69) is 15.2 Å². The van der Waals surface area contributed by atoms with Crippen molar-refractivity contribution in [2.24, 2.45) is 0 Å². The van der Waals surface area contributed by atoms with Gasteiger partial charge in [-0.1, -0.05) is 23.9 Å². The molecule has 1 aliphatic heterocycles. The molecule has 0 saturated carbocycles. The van der Waals surface area contributed by atoms with Crippen LogP contribution in [0.25, 0.3) is 10.9 Å². The van der Waals surface area contributed by atoms with Crippen molar-refractivity contribution in [1.29, 1.82) is 0 Å². The number of carbonyl (C=O) groups excluding carboxylic acids is 1. The van der Waals surface area contributed by atoms with E-state index in [1.807, 2.05) is 49.4 Å². The van der Waals surface area contributed by atoms with Crippen molar-refractivity contribution in [3.05, 3.63) is 58.9 Å². The monoisotopic (exact) mass is 468 g/mol. The maximum atomic E-state index is 13.1. The number of aromatic nitrogens is 2. The molecule has 8 nitrogen and oxygen atoms in total. The average molecular weight is 469 g/mol. The number of rotatable bonds is 8. The molecule has 1 aromatic heterocycles. The summed E-state index contributed by atoms with van der Waals surface area (Å²) in [6, 6.07) is 14.8. The van der Waals surface area contributed by atoms with Crippen LogP contribution in [0.15, 0.2) is 58.5 Å². The fourth-order valence-corrected chi connectivity index (χ4v) is 4.73. The molecule has 0 unspecified atom stereocenters. The predicted molar refractivity (Wildman–Crippen MR) is 131 cm³/mol. The summed E-state index contributed by atoms with van der Waals surface area (Å²) in [5.41, 5.74) is 2.33. The van der Waals surface area contributed by atoms with Crippen LogP contribution < -0.4 is 15.8 Å². The Bertz CT molecular complexity index is 1160. The minimum Gasteiger partial charge on any atom is -0.383 e. The maximum Gasteiger partial charge on any atom is 0.262 e. The lowest BCUT2D eigenvalue weighted by Crippen LogP contribution is -2.36. The quantitative estimate of drug-likeness (QED) is 0.401. The SMILES string of the molecule is COC[C@@H](C)n1c(SCC(=O)Nc2ccc(N3CCOCC3)cc2)nc2ccccc2c1=O. The topological polar surface area (TPSA) is 85.7 Å². The Labute approximate surface area is 196 Å². The van der Waals surface area contributed by atoms with Crippen LogP contribution in [0.3, 0.4) is 0 Å². The van der Waals surface area contributed by atoms with Crippen LogP contribution in [-0.2, 0) is 14.3 Å². The molecule has 1 N–H and O–H groups in total. The van der Waals surface area contributed by atoms with Crippen LogP contribution in [0.2, 0.25) is 0 Å². The molecular weight excluding hydrogens is 440 g/mol. The van der Waals surface area contributed by atoms with Gasteiger partial charge in [-0.2, -0.15) is 0 Å². The number of thioether (sulfide) groups is 1. The Kier molecular flexibility index (Phi) is 7.64. The number of nitrogens with zero attached hydrogens (tertiary/aromatic N) is 3. The summed E-state index contributed by atoms with van der Waals surface area (Å²) in [5, 5.41) is 3.98. The Morgan fingerprint density at radius 1 is 1.18 bits per heavy atom. The van der Waals surface area contributed by atoms with Gasteiger partial charge in [0.15, 0.2) is 5.16 Å². The second-order valence-electron chi connectivity index (χ2n) is 7.87. The van der Waals surface area contributed by atoms with Crippen LogP contribution in [-0.4, -0.2) is 61.2 Å². The van der Waals surface area contributed by atoms with E-state index in [-0.39, 0.29) is 23.3 Å². The minimum absolute atomic E-state index is 0.133. The van der Waals surface area contributed by atoms with Gasteiger partial charge >= 0.3 is 0 Å². The average Bonchev–Trinajstić information content (AvgIpc) is 2.84. The van der Waals surface area contributed by atoms with E-state index in [0.29, 0.717) is 22.7 Å². The van der Waals surface area contributed by atoms with Crippen molar-refractivity contribution in [2.45, 2.75) is 18.1 Å². The summed E-state index contributed by atoms with van der Waals surface area (Å²) in [4.78, 5) is 32.7. The zero-order chi connectivity index (χ0) is 23.2. The number of morpholine rings is 1. The van der Waals surface area contributed by atoms with E-state index < -0.39 is 0 Å². The molecule has 1 fully saturated rings. The number of ether oxygens (including phenoxy) is 2. The first-order chi connectivity index (χ1) is 16.1. The molecule has 1 atom stereocenters. The molecule has 0 spiro atoms. The third-order valence-corrected chi connectivity index (χ3v) is 6.44. The number of carbonyl (C=O) groups is 1. The Morgan fingerprint density at radius 2 is 1.91 bits per heavy atom. The first-order valence-corrected chi connectivity index (χ1v) is 11.9. The van der Waals surface area contributed by atoms with Crippen molar-refractivity contribution in [1.82, 2.24) is 9.55 Å². The van der Waals surface area contributed by atoms with Gasteiger partial charge in [-0.15, -0.1) is 0 Å². The van der Waals surface area contributed by atoms with Gasteiger partial charge < -0.3 is 19.7 Å². The fraction of sp³-hybridized carbons (Fsp3) is 0.375. The van der Waals surface area contributed by atoms with Gasteiger partial charge in [-0.3, -0.25) is 14.2 Å². The van der Waals surface area contributed by atoms with Crippen molar-refractivity contribution < 1.29 is 14.3 Å². The highest BCUT2D eigenvalue weighted by Gasteiger charge is 2.18. The molecule has 2 heterocycles. The summed E-state index contributed by atoms with van der Waals surface area (Å²) >= 11 is 1.25. The van der Waals surface area contributed by atoms with E-state index in [1.54, 1.807) is 17.7 Å². The van der Waals surface area contributed by atoms with E-state index in [4.69, 9.17) is 9.47 Å². The van der Waals surface area contributed by atoms with Crippen LogP contribution in [0, 0.1) is 0 Å². The third-order valence-electron chi connectivity index (χ3n) is 5.48. The fourth-order valence-electron chi connectivity index (χ4n) is 3.84. The normalized spacial score (nSPS) is 14.9. The summed E-state index contributed by atoms with van der Waals surface area (Å²) in [7, 11) is 1.60. The smallest absolute Gasteiger partial charge is 0.262 e. The molecule has 3 aromatic rings. The van der Waals surface area contributed by atoms with Crippen molar-refractivity contribution in [2.75, 3.05) is 56.0 Å².